The van der Waals surface area contributed by atoms with Crippen LogP contribution in [0.15, 0.2) is 97.1 Å². The van der Waals surface area contributed by atoms with Crippen molar-refractivity contribution in [3.05, 3.63) is 130 Å². The van der Waals surface area contributed by atoms with Gasteiger partial charge in [-0.2, -0.15) is 31.4 Å². The van der Waals surface area contributed by atoms with Gasteiger partial charge in [-0.25, -0.2) is 18.1 Å². The smallest absolute Gasteiger partial charge is 0.414 e. The molecule has 2 aromatic heterocycles. The van der Waals surface area contributed by atoms with Crippen LogP contribution < -0.4 is 21.7 Å². The van der Waals surface area contributed by atoms with Crippen LogP contribution in [-0.2, 0) is 41.9 Å². The number of carbonyl (C=O) groups is 4. The summed E-state index contributed by atoms with van der Waals surface area (Å²) in [7, 11) is 0. The first-order chi connectivity index (χ1) is 34.3. The number of carboxylic acid groups (broad SMARTS) is 1. The lowest BCUT2D eigenvalue weighted by atomic mass is 10.1. The number of ether oxygens (including phenoxy) is 2. The van der Waals surface area contributed by atoms with E-state index in [9.17, 15) is 54.3 Å². The summed E-state index contributed by atoms with van der Waals surface area (Å²) in [5, 5.41) is 25.7. The Balaban J connectivity index is 0.000000207. The highest BCUT2D eigenvalue weighted by molar-refractivity contribution is 6.30. The van der Waals surface area contributed by atoms with Gasteiger partial charge in [-0.15, -0.1) is 5.10 Å². The highest BCUT2D eigenvalue weighted by atomic mass is 35.5. The topological polar surface area (TPSA) is 205 Å². The van der Waals surface area contributed by atoms with Crippen molar-refractivity contribution in [2.24, 2.45) is 11.8 Å². The molecular formula is C48H44Cl2F8N8O7. The number of alkyl halides is 6. The van der Waals surface area contributed by atoms with Gasteiger partial charge < -0.3 is 36.3 Å². The third kappa shape index (κ3) is 15.5. The maximum absolute atomic E-state index is 14.5. The quantitative estimate of drug-likeness (QED) is 0.0693. The number of amides is 3. The van der Waals surface area contributed by atoms with Crippen molar-refractivity contribution in [2.75, 3.05) is 24.1 Å². The second kappa shape index (κ2) is 23.6. The first kappa shape index (κ1) is 55.2. The largest absolute Gasteiger partial charge is 0.481 e. The summed E-state index contributed by atoms with van der Waals surface area (Å²) in [5.74, 6) is -3.70. The SMILES string of the molecule is C[C@@H](OCc1cc(F)cc(-c2cc(N)nn2-c2ccc(Cl)cc2)c1)C(F)(F)F.C[C@@H](OCc1cc(F)cc(-c2cc(NC(=O)[C@@H]3CNC(=O)C3)nn2-c2ccc(Cl)cc2)c1)C(F)(F)F.O=C1C[C@H](C(=O)O)CN1. The molecule has 2 aliphatic heterocycles. The van der Waals surface area contributed by atoms with Crippen LogP contribution in [-0.4, -0.2) is 86.0 Å². The van der Waals surface area contributed by atoms with Gasteiger partial charge in [0.25, 0.3) is 0 Å². The van der Waals surface area contributed by atoms with Crippen LogP contribution in [0.4, 0.5) is 46.8 Å². The molecule has 2 aliphatic rings. The third-order valence-electron chi connectivity index (χ3n) is 10.9. The number of benzene rings is 4. The van der Waals surface area contributed by atoms with E-state index in [-0.39, 0.29) is 60.5 Å². The first-order valence-electron chi connectivity index (χ1n) is 21.8. The molecule has 6 N–H and O–H groups in total. The Bertz CT molecular complexity index is 2930. The lowest BCUT2D eigenvalue weighted by Gasteiger charge is -2.16. The molecule has 25 heteroatoms. The van der Waals surface area contributed by atoms with Gasteiger partial charge in [-0.05, 0) is 110 Å². The molecule has 15 nitrogen and oxygen atoms in total. The van der Waals surface area contributed by atoms with Crippen molar-refractivity contribution in [3.8, 4) is 33.9 Å². The fourth-order valence-corrected chi connectivity index (χ4v) is 7.26. The molecule has 8 rings (SSSR count). The molecular weight excluding hydrogens is 1020 g/mol. The molecule has 3 amide bonds. The minimum Gasteiger partial charge on any atom is -0.481 e. The fourth-order valence-electron chi connectivity index (χ4n) is 7.00. The molecule has 0 bridgehead atoms. The molecule has 388 valence electrons. The van der Waals surface area contributed by atoms with E-state index >= 15 is 0 Å². The van der Waals surface area contributed by atoms with Crippen molar-refractivity contribution in [1.29, 1.82) is 0 Å². The summed E-state index contributed by atoms with van der Waals surface area (Å²) in [6.45, 7) is 1.41. The summed E-state index contributed by atoms with van der Waals surface area (Å²) in [6.07, 6.45) is -12.8. The molecule has 0 aliphatic carbocycles. The minimum atomic E-state index is -4.55. The number of aromatic nitrogens is 4. The van der Waals surface area contributed by atoms with E-state index in [2.05, 4.69) is 26.1 Å². The molecule has 2 fully saturated rings. The van der Waals surface area contributed by atoms with Gasteiger partial charge in [-0.3, -0.25) is 19.2 Å². The molecule has 4 aromatic carbocycles. The summed E-state index contributed by atoms with van der Waals surface area (Å²) in [4.78, 5) is 44.6. The number of carboxylic acids is 1. The summed E-state index contributed by atoms with van der Waals surface area (Å²) >= 11 is 11.9. The number of anilines is 2. The van der Waals surface area contributed by atoms with Crippen LogP contribution in [0.3, 0.4) is 0 Å². The van der Waals surface area contributed by atoms with Crippen LogP contribution in [0.1, 0.15) is 37.8 Å². The maximum atomic E-state index is 14.5. The lowest BCUT2D eigenvalue weighted by Crippen LogP contribution is -2.28. The van der Waals surface area contributed by atoms with Crippen LogP contribution in [0.25, 0.3) is 33.9 Å². The standard InChI is InChI=1S/C24H21ClF4N4O3.C19H16ClF4N3O.C5H7NO3/c1-13(24(27,28)29)36-12-14-6-15(8-18(26)7-14)20-10-21(31-23(35)16-9-22(34)30-11-16)32-33(20)19-4-2-17(25)3-5-19;1-11(19(22,23)24)28-10-12-6-13(8-15(21)7-12)17-9-18(25)26-27(17)16-4-2-14(20)3-5-16;7-4-1-3(2-6-4)5(8)9/h2-8,10,13,16H,9,11-12H2,1H3,(H,30,34)(H,31,32,35);2-9,11H,10H2,1H3,(H2,25,26);3H,1-2H2,(H,6,7)(H,8,9)/t13-,16+;11-;3-/m110/s1. The number of nitrogens with two attached hydrogens (primary N) is 1. The average Bonchev–Trinajstić information content (AvgIpc) is 4.15. The monoisotopic (exact) mass is 1070 g/mol. The fraction of sp³-hybridized carbons (Fsp3) is 0.292. The number of hydrogen-bond donors (Lipinski definition) is 5. The molecule has 0 radical (unpaired) electrons. The van der Waals surface area contributed by atoms with Crippen LogP contribution in [0.5, 0.6) is 0 Å². The predicted octanol–water partition coefficient (Wildman–Crippen LogP) is 9.46. The minimum absolute atomic E-state index is 0.0557. The van der Waals surface area contributed by atoms with Gasteiger partial charge in [0.2, 0.25) is 17.7 Å². The number of aliphatic carboxylic acids is 1. The van der Waals surface area contributed by atoms with E-state index in [1.807, 2.05) is 0 Å². The molecule has 0 saturated carbocycles. The third-order valence-corrected chi connectivity index (χ3v) is 11.4. The number of hydrogen-bond acceptors (Lipinski definition) is 9. The van der Waals surface area contributed by atoms with E-state index < -0.39 is 73.1 Å². The number of halogens is 10. The Kier molecular flexibility index (Phi) is 17.9. The number of nitrogen functional groups attached to an aromatic ring is 1. The van der Waals surface area contributed by atoms with Crippen molar-refractivity contribution in [3.63, 3.8) is 0 Å². The zero-order chi connectivity index (χ0) is 53.4. The molecule has 73 heavy (non-hydrogen) atoms. The Morgan fingerprint density at radius 1 is 0.699 bits per heavy atom. The van der Waals surface area contributed by atoms with E-state index in [1.165, 1.54) is 39.7 Å². The molecule has 4 heterocycles. The Morgan fingerprint density at radius 2 is 1.12 bits per heavy atom. The van der Waals surface area contributed by atoms with E-state index in [0.717, 1.165) is 26.0 Å². The Labute approximate surface area is 420 Å². The van der Waals surface area contributed by atoms with Gasteiger partial charge in [0.15, 0.2) is 18.0 Å². The van der Waals surface area contributed by atoms with Crippen LogP contribution >= 0.6 is 23.2 Å². The number of carbonyl (C=O) groups excluding carboxylic acids is 3. The van der Waals surface area contributed by atoms with E-state index in [4.69, 9.17) is 43.5 Å². The van der Waals surface area contributed by atoms with Crippen LogP contribution in [0.2, 0.25) is 10.0 Å². The summed E-state index contributed by atoms with van der Waals surface area (Å²) in [5.41, 5.74) is 8.97. The van der Waals surface area contributed by atoms with E-state index in [1.54, 1.807) is 54.6 Å². The summed E-state index contributed by atoms with van der Waals surface area (Å²) in [6, 6.07) is 24.1. The molecule has 0 spiro atoms. The van der Waals surface area contributed by atoms with Crippen molar-refractivity contribution < 1.29 is 68.9 Å². The average molecular weight is 1070 g/mol. The zero-order valence-corrected chi connectivity index (χ0v) is 39.8. The molecule has 6 aromatic rings. The second-order valence-electron chi connectivity index (χ2n) is 16.6. The van der Waals surface area contributed by atoms with Gasteiger partial charge in [0.05, 0.1) is 47.8 Å². The van der Waals surface area contributed by atoms with Gasteiger partial charge >= 0.3 is 18.3 Å². The second-order valence-corrected chi connectivity index (χ2v) is 17.4. The molecule has 2 saturated heterocycles. The summed E-state index contributed by atoms with van der Waals surface area (Å²) < 4.78 is 117. The number of nitrogens with one attached hydrogen (secondary N) is 3. The van der Waals surface area contributed by atoms with Crippen molar-refractivity contribution in [2.45, 2.75) is 64.5 Å². The predicted molar refractivity (Wildman–Crippen MR) is 251 cm³/mol. The highest BCUT2D eigenvalue weighted by Gasteiger charge is 2.38. The highest BCUT2D eigenvalue weighted by Crippen LogP contribution is 2.32. The number of rotatable bonds is 13. The Morgan fingerprint density at radius 3 is 1.52 bits per heavy atom. The normalized spacial score (nSPS) is 16.3. The van der Waals surface area contributed by atoms with Crippen molar-refractivity contribution >= 4 is 58.5 Å². The van der Waals surface area contributed by atoms with Gasteiger partial charge in [0, 0.05) is 59.2 Å². The van der Waals surface area contributed by atoms with Crippen LogP contribution in [0, 0.1) is 23.5 Å². The van der Waals surface area contributed by atoms with E-state index in [0.29, 0.717) is 43.9 Å². The van der Waals surface area contributed by atoms with Crippen molar-refractivity contribution in [1.82, 2.24) is 30.2 Å². The Hall–Kier alpha value is -7.08. The molecule has 4 atom stereocenters. The van der Waals surface area contributed by atoms with Gasteiger partial charge in [0.1, 0.15) is 17.5 Å². The first-order valence-corrected chi connectivity index (χ1v) is 22.6. The molecule has 0 unspecified atom stereocenters. The number of nitrogens with zero attached hydrogens (tertiary/aromatic N) is 4. The van der Waals surface area contributed by atoms with Gasteiger partial charge in [-0.1, -0.05) is 23.2 Å². The zero-order valence-electron chi connectivity index (χ0n) is 38.3. The maximum Gasteiger partial charge on any atom is 0.414 e. The lowest BCUT2D eigenvalue weighted by molar-refractivity contribution is -0.217.